The van der Waals surface area contributed by atoms with Crippen LogP contribution >= 0.6 is 23.2 Å². The molecule has 460 valence electrons. The number of hydrogen-bond acceptors (Lipinski definition) is 9. The number of amides is 3. The van der Waals surface area contributed by atoms with Crippen LogP contribution in [0.3, 0.4) is 0 Å². The van der Waals surface area contributed by atoms with E-state index in [0.29, 0.717) is 80.5 Å². The Kier molecular flexibility index (Phi) is 22.2. The number of nitrogens with one attached hydrogen (secondary N) is 5. The molecule has 0 unspecified atom stereocenters. The lowest BCUT2D eigenvalue weighted by Gasteiger charge is -2.31. The number of hydrogen-bond donors (Lipinski definition) is 5. The predicted octanol–water partition coefficient (Wildman–Crippen LogP) is 13.4. The Morgan fingerprint density at radius 1 is 0.568 bits per heavy atom. The van der Waals surface area contributed by atoms with Gasteiger partial charge in [-0.15, -0.1) is 0 Å². The smallest absolute Gasteiger partial charge is 0.256 e. The first-order chi connectivity index (χ1) is 43.1. The third-order valence-corrected chi connectivity index (χ3v) is 19.9. The number of carbonyl (C=O) groups is 4. The number of carbonyl (C=O) groups excluding carboxylic acids is 4. The van der Waals surface area contributed by atoms with Gasteiger partial charge in [0.2, 0.25) is 5.91 Å². The van der Waals surface area contributed by atoms with Crippen LogP contribution in [0.1, 0.15) is 150 Å². The van der Waals surface area contributed by atoms with Gasteiger partial charge in [0.1, 0.15) is 5.78 Å². The van der Waals surface area contributed by atoms with Gasteiger partial charge in [0, 0.05) is 79.4 Å². The van der Waals surface area contributed by atoms with Crippen LogP contribution in [-0.4, -0.2) is 122 Å². The zero-order chi connectivity index (χ0) is 60.6. The summed E-state index contributed by atoms with van der Waals surface area (Å²) in [7, 11) is 0. The number of hydrazine groups is 1. The normalized spacial score (nSPS) is 20.1. The Bertz CT molecular complexity index is 3340. The molecule has 11 rings (SSSR count). The quantitative estimate of drug-likeness (QED) is 0.0424. The van der Waals surface area contributed by atoms with E-state index < -0.39 is 11.8 Å². The molecule has 3 amide bonds. The number of benzene rings is 7. The fourth-order valence-electron chi connectivity index (χ4n) is 14.2. The summed E-state index contributed by atoms with van der Waals surface area (Å²) in [4.78, 5) is 68.3. The van der Waals surface area contributed by atoms with Crippen LogP contribution in [-0.2, 0) is 9.59 Å². The third kappa shape index (κ3) is 16.0. The molecule has 4 saturated heterocycles. The molecule has 4 aliphatic heterocycles. The summed E-state index contributed by atoms with van der Waals surface area (Å²) in [6.45, 7) is 8.18. The van der Waals surface area contributed by atoms with Gasteiger partial charge in [-0.25, -0.2) is 0 Å². The Morgan fingerprint density at radius 2 is 1.14 bits per heavy atom. The second kappa shape index (κ2) is 31.1. The van der Waals surface area contributed by atoms with Crippen molar-refractivity contribution in [1.82, 2.24) is 36.2 Å². The molecule has 4 fully saturated rings. The maximum Gasteiger partial charge on any atom is 0.256 e. The maximum absolute atomic E-state index is 16.0. The van der Waals surface area contributed by atoms with E-state index in [-0.39, 0.29) is 69.1 Å². The number of ketones is 1. The van der Waals surface area contributed by atoms with Crippen LogP contribution in [0.2, 0.25) is 10.0 Å². The van der Waals surface area contributed by atoms with Crippen molar-refractivity contribution in [3.05, 3.63) is 219 Å². The van der Waals surface area contributed by atoms with E-state index in [1.54, 1.807) is 18.2 Å². The Morgan fingerprint density at radius 3 is 1.76 bits per heavy atom. The minimum absolute atomic E-state index is 0.00852. The molecule has 0 radical (unpaired) electrons. The van der Waals surface area contributed by atoms with Crippen molar-refractivity contribution in [3.8, 4) is 0 Å². The molecule has 12 nitrogen and oxygen atoms in total. The molecule has 7 aromatic carbocycles. The molecule has 0 spiro atoms. The third-order valence-electron chi connectivity index (χ3n) is 19.1. The van der Waals surface area contributed by atoms with Gasteiger partial charge in [-0.3, -0.25) is 30.0 Å². The first kappa shape index (κ1) is 62.9. The van der Waals surface area contributed by atoms with Gasteiger partial charge < -0.3 is 30.7 Å². The summed E-state index contributed by atoms with van der Waals surface area (Å²) in [5.74, 6) is -2.14. The number of likely N-dealkylation sites (tertiary alicyclic amines) is 2. The van der Waals surface area contributed by atoms with Gasteiger partial charge in [-0.2, -0.15) is 0 Å². The van der Waals surface area contributed by atoms with Crippen molar-refractivity contribution < 1.29 is 19.2 Å². The van der Waals surface area contributed by atoms with Gasteiger partial charge in [-0.05, 0) is 155 Å². The molecule has 7 aromatic rings. The van der Waals surface area contributed by atoms with Gasteiger partial charge >= 0.3 is 0 Å². The summed E-state index contributed by atoms with van der Waals surface area (Å²) >= 11 is 14.5. The Balaban J connectivity index is 0.860. The zero-order valence-electron chi connectivity index (χ0n) is 50.7. The lowest BCUT2D eigenvalue weighted by molar-refractivity contribution is -0.133. The average molecular weight is 1220 g/mol. The SMILES string of the molecule is O=C(Nc1c(C(=O)NCC[C@@H]2CCN(CC(c3ccccc3)c3ccccc3)C(=O)[C@H](CCN3CCCCC3)N2)ccc2ccccc12)c1ccc(Cl)c(Cl)c1[C@H](CC(c1ccccc1)c1ccccc1)C(=O)[C@@H]1CCNN[C@H](CCN2CCCCC2)C1. The van der Waals surface area contributed by atoms with Gasteiger partial charge in [0.25, 0.3) is 11.8 Å². The van der Waals surface area contributed by atoms with Crippen LogP contribution in [0.25, 0.3) is 10.8 Å². The van der Waals surface area contributed by atoms with Gasteiger partial charge in [0.05, 0.1) is 27.3 Å². The molecule has 88 heavy (non-hydrogen) atoms. The standard InChI is InChI=1S/C74H86Cl2N8O4/c75-66-34-33-61(68(69(66)76)64(50-63(52-21-7-1-8-22-52)53-23-9-2-10-24-53)71(85)57-35-41-78-81-59(49-57)37-46-82-42-17-5-18-43-82)73(87)80-70-60-30-16-15-29-56(60)31-32-62(70)72(86)77-40-36-58-38-48-84(74(88)67(79-58)39-47-83-44-19-6-20-45-83)51-65(54-25-11-3-12-26-54)55-27-13-4-14-28-55/h1-4,7-16,21-34,57-59,63-65,67,78-79,81H,5-6,17-20,35-51H2,(H,77,86)(H,80,87)/t57-,58-,59-,64+,67+/m1/s1. The number of rotatable bonds is 23. The highest BCUT2D eigenvalue weighted by Crippen LogP contribution is 2.44. The molecule has 4 heterocycles. The average Bonchev–Trinajstić information content (AvgIpc) is 1.40. The van der Waals surface area contributed by atoms with E-state index in [1.807, 2.05) is 78.9 Å². The van der Waals surface area contributed by atoms with Gasteiger partial charge in [-0.1, -0.05) is 188 Å². The lowest BCUT2D eigenvalue weighted by Crippen LogP contribution is -2.48. The molecule has 0 bridgehead atoms. The molecule has 5 N–H and O–H groups in total. The second-order valence-electron chi connectivity index (χ2n) is 24.8. The molecular weight excluding hydrogens is 1140 g/mol. The van der Waals surface area contributed by atoms with Crippen LogP contribution in [0.5, 0.6) is 0 Å². The molecule has 0 saturated carbocycles. The number of anilines is 1. The highest BCUT2D eigenvalue weighted by atomic mass is 35.5. The van der Waals surface area contributed by atoms with Crippen LogP contribution in [0, 0.1) is 5.92 Å². The van der Waals surface area contributed by atoms with Crippen LogP contribution < -0.4 is 26.8 Å². The summed E-state index contributed by atoms with van der Waals surface area (Å²) in [6.07, 6.45) is 11.8. The van der Waals surface area contributed by atoms with E-state index in [4.69, 9.17) is 23.2 Å². The fourth-order valence-corrected chi connectivity index (χ4v) is 14.7. The number of halogens is 2. The molecule has 5 atom stereocenters. The number of fused-ring (bicyclic) bond motifs is 1. The maximum atomic E-state index is 16.0. The molecular formula is C74H86Cl2N8O4. The molecule has 0 aromatic heterocycles. The number of piperidine rings is 2. The van der Waals surface area contributed by atoms with Gasteiger partial charge in [0.15, 0.2) is 0 Å². The molecule has 14 heteroatoms. The van der Waals surface area contributed by atoms with Crippen LogP contribution in [0.4, 0.5) is 5.69 Å². The summed E-state index contributed by atoms with van der Waals surface area (Å²) in [6, 6.07) is 55.7. The van der Waals surface area contributed by atoms with Crippen LogP contribution in [0.15, 0.2) is 170 Å². The van der Waals surface area contributed by atoms with E-state index in [9.17, 15) is 9.59 Å². The first-order valence-corrected chi connectivity index (χ1v) is 33.2. The minimum atomic E-state index is -0.850. The first-order valence-electron chi connectivity index (χ1n) is 32.5. The van der Waals surface area contributed by atoms with Crippen molar-refractivity contribution in [2.24, 2.45) is 5.92 Å². The van der Waals surface area contributed by atoms with Crippen molar-refractivity contribution in [2.75, 3.05) is 70.8 Å². The second-order valence-corrected chi connectivity index (χ2v) is 25.6. The molecule has 4 aliphatic rings. The summed E-state index contributed by atoms with van der Waals surface area (Å²) in [5.41, 5.74) is 12.7. The van der Waals surface area contributed by atoms with E-state index in [1.165, 1.54) is 49.7 Å². The largest absolute Gasteiger partial charge is 0.352 e. The number of Topliss-reactive ketones (excluding diaryl/α,β-unsaturated/α-hetero) is 1. The Hall–Kier alpha value is -6.74. The fraction of sp³-hybridized carbons (Fsp3) is 0.405. The number of nitrogens with zero attached hydrogens (tertiary/aromatic N) is 3. The monoisotopic (exact) mass is 1220 g/mol. The Labute approximate surface area is 530 Å². The zero-order valence-corrected chi connectivity index (χ0v) is 52.2. The highest BCUT2D eigenvalue weighted by Gasteiger charge is 2.39. The molecule has 0 aliphatic carbocycles. The van der Waals surface area contributed by atoms with E-state index in [0.717, 1.165) is 68.6 Å². The van der Waals surface area contributed by atoms with Crippen molar-refractivity contribution in [1.29, 1.82) is 0 Å². The lowest BCUT2D eigenvalue weighted by atomic mass is 9.74. The topological polar surface area (TPSA) is 138 Å². The van der Waals surface area contributed by atoms with Crippen molar-refractivity contribution in [3.63, 3.8) is 0 Å². The summed E-state index contributed by atoms with van der Waals surface area (Å²) in [5, 5.41) is 12.2. The minimum Gasteiger partial charge on any atom is -0.352 e. The van der Waals surface area contributed by atoms with Crippen molar-refractivity contribution >= 4 is 63.2 Å². The predicted molar refractivity (Wildman–Crippen MR) is 357 cm³/mol. The van der Waals surface area contributed by atoms with E-state index in [2.05, 4.69) is 114 Å². The highest BCUT2D eigenvalue weighted by molar-refractivity contribution is 6.43. The summed E-state index contributed by atoms with van der Waals surface area (Å²) < 4.78 is 0. The van der Waals surface area contributed by atoms with E-state index >= 15 is 9.59 Å². The van der Waals surface area contributed by atoms with Crippen molar-refractivity contribution in [2.45, 2.75) is 119 Å².